The lowest BCUT2D eigenvalue weighted by Gasteiger charge is -2.17. The summed E-state index contributed by atoms with van der Waals surface area (Å²) in [6.45, 7) is -0.294. The second kappa shape index (κ2) is 10.5. The molecule has 0 aliphatic heterocycles. The maximum atomic E-state index is 12.9. The Balaban J connectivity index is 1.59. The molecule has 0 aliphatic carbocycles. The number of benzene rings is 3. The first-order chi connectivity index (χ1) is 15.5. The average molecular weight is 432 g/mol. The fourth-order valence-corrected chi connectivity index (χ4v) is 3.05. The van der Waals surface area contributed by atoms with E-state index in [2.05, 4.69) is 15.8 Å². The van der Waals surface area contributed by atoms with Crippen molar-refractivity contribution in [2.75, 3.05) is 6.54 Å². The molecule has 3 N–H and O–H groups in total. The van der Waals surface area contributed by atoms with Gasteiger partial charge in [-0.1, -0.05) is 60.7 Å². The van der Waals surface area contributed by atoms with E-state index in [1.165, 1.54) is 12.3 Å². The van der Waals surface area contributed by atoms with E-state index < -0.39 is 28.2 Å². The molecule has 32 heavy (non-hydrogen) atoms. The Hall–Kier alpha value is -4.53. The van der Waals surface area contributed by atoms with Crippen molar-refractivity contribution in [1.29, 1.82) is 0 Å². The molecule has 0 fully saturated rings. The van der Waals surface area contributed by atoms with Crippen LogP contribution in [0.2, 0.25) is 0 Å². The number of carbonyl (C=O) groups excluding carboxylic acids is 2. The van der Waals surface area contributed by atoms with E-state index in [9.17, 15) is 24.8 Å². The number of nitrogens with zero attached hydrogens (tertiary/aromatic N) is 2. The molecule has 0 radical (unpaired) electrons. The molecule has 3 aromatic carbocycles. The first-order valence-corrected chi connectivity index (χ1v) is 9.62. The zero-order valence-electron chi connectivity index (χ0n) is 16.8. The molecule has 3 rings (SSSR count). The number of amides is 2. The lowest BCUT2D eigenvalue weighted by molar-refractivity contribution is -0.385. The smallest absolute Gasteiger partial charge is 0.310 e. The summed E-state index contributed by atoms with van der Waals surface area (Å²) in [5.41, 5.74) is 3.78. The van der Waals surface area contributed by atoms with Crippen molar-refractivity contribution < 1.29 is 19.6 Å². The van der Waals surface area contributed by atoms with Crippen molar-refractivity contribution in [1.82, 2.24) is 10.7 Å². The van der Waals surface area contributed by atoms with Crippen LogP contribution in [-0.4, -0.2) is 34.6 Å². The summed E-state index contributed by atoms with van der Waals surface area (Å²) in [6.07, 6.45) is 1.22. The van der Waals surface area contributed by atoms with Crippen molar-refractivity contribution in [2.24, 2.45) is 5.10 Å². The molecule has 0 spiro atoms. The highest BCUT2D eigenvalue weighted by Gasteiger charge is 2.22. The van der Waals surface area contributed by atoms with Crippen molar-refractivity contribution >= 4 is 23.7 Å². The highest BCUT2D eigenvalue weighted by Crippen LogP contribution is 2.26. The molecule has 0 aromatic heterocycles. The van der Waals surface area contributed by atoms with E-state index in [-0.39, 0.29) is 12.5 Å². The Morgan fingerprint density at radius 3 is 2.12 bits per heavy atom. The van der Waals surface area contributed by atoms with Gasteiger partial charge in [0.25, 0.3) is 5.91 Å². The number of nitro groups is 1. The minimum atomic E-state index is -0.709. The predicted molar refractivity (Wildman–Crippen MR) is 118 cm³/mol. The first-order valence-electron chi connectivity index (χ1n) is 9.62. The van der Waals surface area contributed by atoms with Crippen molar-refractivity contribution in [3.8, 4) is 5.75 Å². The van der Waals surface area contributed by atoms with Crippen LogP contribution in [0.3, 0.4) is 0 Å². The molecular formula is C23H20N4O5. The lowest BCUT2D eigenvalue weighted by atomic mass is 9.90. The molecule has 0 saturated carbocycles. The number of hydrogen-bond donors (Lipinski definition) is 3. The third-order valence-electron chi connectivity index (χ3n) is 4.55. The third-order valence-corrected chi connectivity index (χ3v) is 4.55. The third kappa shape index (κ3) is 5.76. The maximum absolute atomic E-state index is 12.9. The van der Waals surface area contributed by atoms with Gasteiger partial charge in [0.2, 0.25) is 5.91 Å². The predicted octanol–water partition coefficient (Wildman–Crippen LogP) is 2.70. The summed E-state index contributed by atoms with van der Waals surface area (Å²) in [6, 6.07) is 22.1. The SMILES string of the molecule is O=C(CNC(=O)C(c1ccccc1)c1ccccc1)N/N=C/c1ccc([N+](=O)[O-])c(O)c1. The molecule has 3 aromatic rings. The van der Waals surface area contributed by atoms with Crippen LogP contribution in [0.1, 0.15) is 22.6 Å². The molecule has 2 amide bonds. The van der Waals surface area contributed by atoms with E-state index >= 15 is 0 Å². The molecule has 0 atom stereocenters. The van der Waals surface area contributed by atoms with E-state index in [4.69, 9.17) is 0 Å². The van der Waals surface area contributed by atoms with Crippen molar-refractivity contribution in [3.05, 3.63) is 106 Å². The van der Waals surface area contributed by atoms with Crippen LogP contribution in [-0.2, 0) is 9.59 Å². The quantitative estimate of drug-likeness (QED) is 0.286. The fourth-order valence-electron chi connectivity index (χ4n) is 3.05. The van der Waals surface area contributed by atoms with Crippen LogP contribution in [0.15, 0.2) is 84.0 Å². The highest BCUT2D eigenvalue weighted by atomic mass is 16.6. The summed E-state index contributed by atoms with van der Waals surface area (Å²) in [4.78, 5) is 34.9. The maximum Gasteiger partial charge on any atom is 0.310 e. The van der Waals surface area contributed by atoms with Crippen LogP contribution in [0, 0.1) is 10.1 Å². The van der Waals surface area contributed by atoms with Crippen LogP contribution in [0.5, 0.6) is 5.75 Å². The molecule has 0 unspecified atom stereocenters. The van der Waals surface area contributed by atoms with Gasteiger partial charge in [-0.25, -0.2) is 5.43 Å². The summed E-state index contributed by atoms with van der Waals surface area (Å²) in [5.74, 6) is -1.97. The Labute approximate surface area is 183 Å². The van der Waals surface area contributed by atoms with Crippen LogP contribution in [0.25, 0.3) is 0 Å². The number of phenols is 1. The minimum absolute atomic E-state index is 0.294. The van der Waals surface area contributed by atoms with Gasteiger partial charge in [0.1, 0.15) is 0 Å². The molecule has 9 heteroatoms. The Morgan fingerprint density at radius 2 is 1.59 bits per heavy atom. The number of nitro benzene ring substituents is 1. The second-order valence-electron chi connectivity index (χ2n) is 6.77. The number of hydrazone groups is 1. The molecule has 9 nitrogen and oxygen atoms in total. The largest absolute Gasteiger partial charge is 0.502 e. The zero-order valence-corrected chi connectivity index (χ0v) is 16.8. The Kier molecular flexibility index (Phi) is 7.26. The molecule has 0 saturated heterocycles. The van der Waals surface area contributed by atoms with Gasteiger partial charge in [0.05, 0.1) is 23.6 Å². The first kappa shape index (κ1) is 22.2. The summed E-state index contributed by atoms with van der Waals surface area (Å²) in [7, 11) is 0. The van der Waals surface area contributed by atoms with Gasteiger partial charge in [0, 0.05) is 6.07 Å². The minimum Gasteiger partial charge on any atom is -0.502 e. The number of aromatic hydroxyl groups is 1. The number of nitrogens with one attached hydrogen (secondary N) is 2. The number of rotatable bonds is 8. The lowest BCUT2D eigenvalue weighted by Crippen LogP contribution is -2.37. The topological polar surface area (TPSA) is 134 Å². The van der Waals surface area contributed by atoms with Crippen LogP contribution >= 0.6 is 0 Å². The van der Waals surface area contributed by atoms with Gasteiger partial charge in [-0.05, 0) is 28.8 Å². The average Bonchev–Trinajstić information content (AvgIpc) is 2.79. The van der Waals surface area contributed by atoms with Crippen molar-refractivity contribution in [2.45, 2.75) is 5.92 Å². The number of phenolic OH excluding ortho intramolecular Hbond substituents is 1. The van der Waals surface area contributed by atoms with Gasteiger partial charge in [-0.2, -0.15) is 5.10 Å². The standard InChI is InChI=1S/C23H20N4O5/c28-20-13-16(11-12-19(20)27(31)32)14-25-26-21(29)15-24-23(30)22(17-7-3-1-4-8-17)18-9-5-2-6-10-18/h1-14,22,28H,15H2,(H,24,30)(H,26,29)/b25-14+. The molecule has 0 aliphatic rings. The highest BCUT2D eigenvalue weighted by molar-refractivity contribution is 5.91. The molecule has 162 valence electrons. The molecule has 0 heterocycles. The monoisotopic (exact) mass is 432 g/mol. The second-order valence-corrected chi connectivity index (χ2v) is 6.77. The van der Waals surface area contributed by atoms with E-state index in [1.54, 1.807) is 0 Å². The van der Waals surface area contributed by atoms with Gasteiger partial charge in [-0.15, -0.1) is 0 Å². The summed E-state index contributed by atoms with van der Waals surface area (Å²) >= 11 is 0. The van der Waals surface area contributed by atoms with Gasteiger partial charge in [-0.3, -0.25) is 19.7 Å². The normalized spacial score (nSPS) is 10.8. The van der Waals surface area contributed by atoms with Gasteiger partial charge >= 0.3 is 5.69 Å². The van der Waals surface area contributed by atoms with E-state index in [0.717, 1.165) is 23.3 Å². The Morgan fingerprint density at radius 1 is 1.00 bits per heavy atom. The van der Waals surface area contributed by atoms with Gasteiger partial charge in [0.15, 0.2) is 5.75 Å². The number of carbonyl (C=O) groups is 2. The summed E-state index contributed by atoms with van der Waals surface area (Å²) in [5, 5.41) is 26.7. The molecule has 0 bridgehead atoms. The molecular weight excluding hydrogens is 412 g/mol. The van der Waals surface area contributed by atoms with Gasteiger partial charge < -0.3 is 10.4 Å². The zero-order chi connectivity index (χ0) is 22.9. The van der Waals surface area contributed by atoms with E-state index in [1.807, 2.05) is 60.7 Å². The van der Waals surface area contributed by atoms with Crippen molar-refractivity contribution in [3.63, 3.8) is 0 Å². The summed E-state index contributed by atoms with van der Waals surface area (Å²) < 4.78 is 0. The number of hydrogen-bond acceptors (Lipinski definition) is 6. The van der Waals surface area contributed by atoms with E-state index in [0.29, 0.717) is 5.56 Å². The van der Waals surface area contributed by atoms with Crippen LogP contribution < -0.4 is 10.7 Å². The van der Waals surface area contributed by atoms with Crippen LogP contribution in [0.4, 0.5) is 5.69 Å². The Bertz CT molecular complexity index is 1090. The fraction of sp³-hybridized carbons (Fsp3) is 0.0870.